The van der Waals surface area contributed by atoms with Gasteiger partial charge in [0.15, 0.2) is 0 Å². The lowest BCUT2D eigenvalue weighted by Crippen LogP contribution is -2.49. The molecule has 0 spiro atoms. The van der Waals surface area contributed by atoms with Crippen LogP contribution in [0.3, 0.4) is 0 Å². The van der Waals surface area contributed by atoms with Crippen LogP contribution in [0.15, 0.2) is 0 Å². The number of nitrogens with one attached hydrogen (secondary N) is 1. The summed E-state index contributed by atoms with van der Waals surface area (Å²) in [5.74, 6) is -0.808. The maximum absolute atomic E-state index is 12.7. The van der Waals surface area contributed by atoms with Crippen molar-refractivity contribution in [2.45, 2.75) is 45.1 Å². The number of likely N-dealkylation sites (tertiary alicyclic amines) is 1. The number of nitrogens with zero attached hydrogens (tertiary/aromatic N) is 1. The minimum atomic E-state index is -0.863. The van der Waals surface area contributed by atoms with E-state index in [2.05, 4.69) is 12.2 Å². The van der Waals surface area contributed by atoms with Gasteiger partial charge in [-0.3, -0.25) is 4.79 Å². The Labute approximate surface area is 108 Å². The molecule has 2 saturated heterocycles. The van der Waals surface area contributed by atoms with Gasteiger partial charge in [0.05, 0.1) is 5.41 Å². The van der Waals surface area contributed by atoms with Gasteiger partial charge in [-0.1, -0.05) is 13.3 Å². The third-order valence-electron chi connectivity index (χ3n) is 4.22. The molecular weight excluding hydrogens is 232 g/mol. The van der Waals surface area contributed by atoms with E-state index in [1.165, 1.54) is 0 Å². The molecule has 2 fully saturated rings. The molecule has 0 aliphatic carbocycles. The van der Waals surface area contributed by atoms with Gasteiger partial charge in [0, 0.05) is 13.1 Å². The molecule has 0 radical (unpaired) electrons. The van der Waals surface area contributed by atoms with Crippen molar-refractivity contribution >= 4 is 11.9 Å². The Bertz CT molecular complexity index is 337. The van der Waals surface area contributed by atoms with Gasteiger partial charge >= 0.3 is 5.97 Å². The second kappa shape index (κ2) is 5.26. The molecule has 5 heteroatoms. The quantitative estimate of drug-likeness (QED) is 0.780. The lowest BCUT2D eigenvalue weighted by atomic mass is 9.81. The molecule has 2 N–H and O–H groups in total. The standard InChI is InChI=1S/C13H22N2O3/c1-2-5-13(6-7-14-9-13)12(18)15-8-3-4-10(15)11(16)17/h10,14H,2-9H2,1H3,(H,16,17)/t10-,13?/m0/s1. The van der Waals surface area contributed by atoms with Crippen LogP contribution in [0.4, 0.5) is 0 Å². The van der Waals surface area contributed by atoms with Crippen LogP contribution in [0.5, 0.6) is 0 Å². The maximum Gasteiger partial charge on any atom is 0.326 e. The number of rotatable bonds is 4. The summed E-state index contributed by atoms with van der Waals surface area (Å²) < 4.78 is 0. The topological polar surface area (TPSA) is 69.6 Å². The van der Waals surface area contributed by atoms with Crippen LogP contribution < -0.4 is 5.32 Å². The first-order valence-electron chi connectivity index (χ1n) is 6.85. The van der Waals surface area contributed by atoms with Crippen LogP contribution in [-0.4, -0.2) is 47.6 Å². The number of carbonyl (C=O) groups is 2. The van der Waals surface area contributed by atoms with E-state index in [9.17, 15) is 14.7 Å². The van der Waals surface area contributed by atoms with Crippen molar-refractivity contribution in [3.05, 3.63) is 0 Å². The first-order chi connectivity index (χ1) is 8.60. The Morgan fingerprint density at radius 2 is 2.28 bits per heavy atom. The lowest BCUT2D eigenvalue weighted by molar-refractivity contribution is -0.152. The molecule has 0 aromatic heterocycles. The predicted octanol–water partition coefficient (Wildman–Crippen LogP) is 0.842. The lowest BCUT2D eigenvalue weighted by Gasteiger charge is -2.33. The van der Waals surface area contributed by atoms with Gasteiger partial charge in [0.25, 0.3) is 0 Å². The van der Waals surface area contributed by atoms with Crippen molar-refractivity contribution in [2.75, 3.05) is 19.6 Å². The highest BCUT2D eigenvalue weighted by atomic mass is 16.4. The van der Waals surface area contributed by atoms with Gasteiger partial charge in [0.1, 0.15) is 6.04 Å². The van der Waals surface area contributed by atoms with E-state index < -0.39 is 12.0 Å². The Morgan fingerprint density at radius 3 is 2.83 bits per heavy atom. The molecule has 102 valence electrons. The Hall–Kier alpha value is -1.10. The number of carbonyl (C=O) groups excluding carboxylic acids is 1. The fourth-order valence-corrected chi connectivity index (χ4v) is 3.30. The highest BCUT2D eigenvalue weighted by molar-refractivity contribution is 5.88. The molecule has 18 heavy (non-hydrogen) atoms. The Morgan fingerprint density at radius 1 is 1.50 bits per heavy atom. The summed E-state index contributed by atoms with van der Waals surface area (Å²) in [5, 5.41) is 12.4. The molecular formula is C13H22N2O3. The second-order valence-corrected chi connectivity index (χ2v) is 5.45. The zero-order chi connectivity index (χ0) is 13.2. The molecule has 1 unspecified atom stereocenters. The van der Waals surface area contributed by atoms with Crippen LogP contribution in [0.25, 0.3) is 0 Å². The Balaban J connectivity index is 2.15. The minimum absolute atomic E-state index is 0.0549. The highest BCUT2D eigenvalue weighted by Gasteiger charge is 2.46. The summed E-state index contributed by atoms with van der Waals surface area (Å²) in [5.41, 5.74) is -0.354. The van der Waals surface area contributed by atoms with Crippen molar-refractivity contribution in [3.8, 4) is 0 Å². The van der Waals surface area contributed by atoms with Crippen molar-refractivity contribution in [1.29, 1.82) is 0 Å². The minimum Gasteiger partial charge on any atom is -0.480 e. The smallest absolute Gasteiger partial charge is 0.326 e. The van der Waals surface area contributed by atoms with Crippen molar-refractivity contribution in [3.63, 3.8) is 0 Å². The van der Waals surface area contributed by atoms with Gasteiger partial charge in [-0.25, -0.2) is 4.79 Å². The molecule has 0 saturated carbocycles. The van der Waals surface area contributed by atoms with Gasteiger partial charge in [0.2, 0.25) is 5.91 Å². The SMILES string of the molecule is CCCC1(C(=O)N2CCC[C@H]2C(=O)O)CCNC1. The van der Waals surface area contributed by atoms with Gasteiger partial charge in [-0.05, 0) is 32.2 Å². The van der Waals surface area contributed by atoms with Gasteiger partial charge < -0.3 is 15.3 Å². The van der Waals surface area contributed by atoms with Crippen LogP contribution >= 0.6 is 0 Å². The van der Waals surface area contributed by atoms with Crippen LogP contribution in [-0.2, 0) is 9.59 Å². The summed E-state index contributed by atoms with van der Waals surface area (Å²) >= 11 is 0. The number of hydrogen-bond acceptors (Lipinski definition) is 3. The van der Waals surface area contributed by atoms with Gasteiger partial charge in [-0.15, -0.1) is 0 Å². The summed E-state index contributed by atoms with van der Waals surface area (Å²) in [6, 6.07) is -0.605. The molecule has 1 amide bonds. The molecule has 2 atom stereocenters. The summed E-state index contributed by atoms with van der Waals surface area (Å²) in [7, 11) is 0. The van der Waals surface area contributed by atoms with E-state index in [1.54, 1.807) is 4.90 Å². The predicted molar refractivity (Wildman–Crippen MR) is 67.2 cm³/mol. The number of aliphatic carboxylic acids is 1. The third-order valence-corrected chi connectivity index (χ3v) is 4.22. The zero-order valence-electron chi connectivity index (χ0n) is 10.9. The normalized spacial score (nSPS) is 31.8. The second-order valence-electron chi connectivity index (χ2n) is 5.45. The number of carboxylic acid groups (broad SMARTS) is 1. The first-order valence-corrected chi connectivity index (χ1v) is 6.85. The molecule has 2 rings (SSSR count). The largest absolute Gasteiger partial charge is 0.480 e. The van der Waals surface area contributed by atoms with Crippen LogP contribution in [0, 0.1) is 5.41 Å². The molecule has 2 aliphatic heterocycles. The van der Waals surface area contributed by atoms with E-state index in [-0.39, 0.29) is 11.3 Å². The van der Waals surface area contributed by atoms with Crippen molar-refractivity contribution < 1.29 is 14.7 Å². The van der Waals surface area contributed by atoms with E-state index in [1.807, 2.05) is 0 Å². The summed E-state index contributed by atoms with van der Waals surface area (Å²) in [6.45, 7) is 4.23. The average Bonchev–Trinajstić information content (AvgIpc) is 2.97. The maximum atomic E-state index is 12.7. The van der Waals surface area contributed by atoms with E-state index in [0.717, 1.165) is 32.2 Å². The van der Waals surface area contributed by atoms with E-state index in [0.29, 0.717) is 19.5 Å². The molecule has 0 aromatic carbocycles. The third kappa shape index (κ3) is 2.23. The molecule has 2 aliphatic rings. The average molecular weight is 254 g/mol. The molecule has 2 heterocycles. The van der Waals surface area contributed by atoms with E-state index in [4.69, 9.17) is 0 Å². The van der Waals surface area contributed by atoms with Crippen LogP contribution in [0.2, 0.25) is 0 Å². The fraction of sp³-hybridized carbons (Fsp3) is 0.846. The van der Waals surface area contributed by atoms with Crippen molar-refractivity contribution in [2.24, 2.45) is 5.41 Å². The van der Waals surface area contributed by atoms with E-state index >= 15 is 0 Å². The number of hydrogen-bond donors (Lipinski definition) is 2. The Kier molecular flexibility index (Phi) is 3.90. The first kappa shape index (κ1) is 13.3. The summed E-state index contributed by atoms with van der Waals surface area (Å²) in [4.78, 5) is 25.5. The molecule has 0 bridgehead atoms. The number of amides is 1. The van der Waals surface area contributed by atoms with Crippen molar-refractivity contribution in [1.82, 2.24) is 10.2 Å². The highest BCUT2D eigenvalue weighted by Crippen LogP contribution is 2.35. The van der Waals surface area contributed by atoms with Crippen LogP contribution in [0.1, 0.15) is 39.0 Å². The zero-order valence-corrected chi connectivity index (χ0v) is 10.9. The monoisotopic (exact) mass is 254 g/mol. The fourth-order valence-electron chi connectivity index (χ4n) is 3.30. The van der Waals surface area contributed by atoms with Gasteiger partial charge in [-0.2, -0.15) is 0 Å². The number of carboxylic acids is 1. The molecule has 5 nitrogen and oxygen atoms in total. The summed E-state index contributed by atoms with van der Waals surface area (Å²) in [6.07, 6.45) is 4.04. The molecule has 0 aromatic rings.